The van der Waals surface area contributed by atoms with Crippen LogP contribution in [-0.4, -0.2) is 58.3 Å². The molecule has 1 fully saturated rings. The van der Waals surface area contributed by atoms with Crippen LogP contribution in [0.4, 0.5) is 5.69 Å². The van der Waals surface area contributed by atoms with Crippen LogP contribution in [0.25, 0.3) is 0 Å². The number of sulfonamides is 1. The molecule has 0 amide bonds. The van der Waals surface area contributed by atoms with E-state index >= 15 is 0 Å². The van der Waals surface area contributed by atoms with Crippen LogP contribution < -0.4 is 9.46 Å². The van der Waals surface area contributed by atoms with E-state index in [4.69, 9.17) is 9.47 Å². The van der Waals surface area contributed by atoms with Gasteiger partial charge in [-0.3, -0.25) is 4.72 Å². The molecule has 8 heteroatoms. The van der Waals surface area contributed by atoms with Crippen molar-refractivity contribution in [2.45, 2.75) is 49.5 Å². The maximum atomic E-state index is 13.0. The number of hydrogen-bond acceptors (Lipinski definition) is 6. The van der Waals surface area contributed by atoms with Crippen molar-refractivity contribution in [1.29, 1.82) is 0 Å². The van der Waals surface area contributed by atoms with Gasteiger partial charge in [0.05, 0.1) is 18.1 Å². The number of fused-ring (bicyclic) bond motifs is 1. The Morgan fingerprint density at radius 2 is 1.87 bits per heavy atom. The van der Waals surface area contributed by atoms with E-state index in [1.165, 1.54) is 7.11 Å². The Morgan fingerprint density at radius 1 is 1.16 bits per heavy atom. The standard InChI is InChI=1S/C23H31N3O4S/c1-4-30-19-13-18(14-19)16-5-7-20(8-6-16)31(27,28)25-22-15-17-9-11-26(2)12-10-21(17)24-23(22)29-3/h5-8,15,18-19,25H,4,9-14H2,1-3H3/t18-,19-. The predicted molar refractivity (Wildman–Crippen MR) is 120 cm³/mol. The Labute approximate surface area is 184 Å². The van der Waals surface area contributed by atoms with Gasteiger partial charge < -0.3 is 14.4 Å². The van der Waals surface area contributed by atoms with E-state index in [-0.39, 0.29) is 4.90 Å². The number of nitrogens with zero attached hydrogens (tertiary/aromatic N) is 2. The molecule has 0 bridgehead atoms. The van der Waals surface area contributed by atoms with Crippen molar-refractivity contribution in [3.63, 3.8) is 0 Å². The average molecular weight is 446 g/mol. The van der Waals surface area contributed by atoms with Crippen molar-refractivity contribution in [2.24, 2.45) is 0 Å². The van der Waals surface area contributed by atoms with E-state index in [2.05, 4.69) is 21.7 Å². The fourth-order valence-corrected chi connectivity index (χ4v) is 5.34. The van der Waals surface area contributed by atoms with Crippen LogP contribution in [0.3, 0.4) is 0 Å². The largest absolute Gasteiger partial charge is 0.479 e. The first-order valence-corrected chi connectivity index (χ1v) is 12.4. The number of likely N-dealkylation sites (N-methyl/N-ethyl adjacent to an activating group) is 1. The van der Waals surface area contributed by atoms with Crippen molar-refractivity contribution < 1.29 is 17.9 Å². The van der Waals surface area contributed by atoms with Crippen LogP contribution in [0.1, 0.15) is 42.5 Å². The highest BCUT2D eigenvalue weighted by Crippen LogP contribution is 2.39. The van der Waals surface area contributed by atoms with Crippen molar-refractivity contribution in [1.82, 2.24) is 9.88 Å². The third kappa shape index (κ3) is 4.86. The highest BCUT2D eigenvalue weighted by Gasteiger charge is 2.31. The first-order chi connectivity index (χ1) is 14.9. The van der Waals surface area contributed by atoms with Gasteiger partial charge in [0.1, 0.15) is 5.69 Å². The van der Waals surface area contributed by atoms with Crippen LogP contribution in [0.5, 0.6) is 5.88 Å². The molecule has 0 spiro atoms. The first kappa shape index (κ1) is 22.0. The van der Waals surface area contributed by atoms with Gasteiger partial charge in [-0.1, -0.05) is 12.1 Å². The number of benzene rings is 1. The minimum Gasteiger partial charge on any atom is -0.479 e. The molecule has 1 N–H and O–H groups in total. The van der Waals surface area contributed by atoms with Crippen molar-refractivity contribution in [3.8, 4) is 5.88 Å². The zero-order chi connectivity index (χ0) is 22.0. The van der Waals surface area contributed by atoms with E-state index in [0.717, 1.165) is 62.2 Å². The Hall–Kier alpha value is -2.16. The molecule has 31 heavy (non-hydrogen) atoms. The van der Waals surface area contributed by atoms with Gasteiger partial charge in [0.2, 0.25) is 5.88 Å². The molecule has 2 aliphatic rings. The molecule has 1 saturated carbocycles. The quantitative estimate of drug-likeness (QED) is 0.705. The molecule has 0 atom stereocenters. The molecule has 0 saturated heterocycles. The highest BCUT2D eigenvalue weighted by atomic mass is 32.2. The number of nitrogens with one attached hydrogen (secondary N) is 1. The lowest BCUT2D eigenvalue weighted by Crippen LogP contribution is -2.29. The van der Waals surface area contributed by atoms with E-state index in [9.17, 15) is 8.42 Å². The van der Waals surface area contributed by atoms with Gasteiger partial charge in [-0.15, -0.1) is 0 Å². The van der Waals surface area contributed by atoms with Gasteiger partial charge in [-0.05, 0) is 68.5 Å². The maximum absolute atomic E-state index is 13.0. The lowest BCUT2D eigenvalue weighted by Gasteiger charge is -2.35. The second kappa shape index (κ2) is 9.14. The second-order valence-electron chi connectivity index (χ2n) is 8.37. The summed E-state index contributed by atoms with van der Waals surface area (Å²) in [4.78, 5) is 7.07. The average Bonchev–Trinajstić information content (AvgIpc) is 2.91. The first-order valence-electron chi connectivity index (χ1n) is 10.9. The van der Waals surface area contributed by atoms with Crippen LogP contribution in [-0.2, 0) is 27.6 Å². The van der Waals surface area contributed by atoms with Crippen LogP contribution in [0.2, 0.25) is 0 Å². The Balaban J connectivity index is 1.51. The summed E-state index contributed by atoms with van der Waals surface area (Å²) in [5.74, 6) is 0.744. The number of anilines is 1. The Kier molecular flexibility index (Phi) is 6.50. The van der Waals surface area contributed by atoms with E-state index in [1.54, 1.807) is 12.1 Å². The smallest absolute Gasteiger partial charge is 0.262 e. The molecule has 2 aromatic rings. The zero-order valence-electron chi connectivity index (χ0n) is 18.4. The summed E-state index contributed by atoms with van der Waals surface area (Å²) < 4.78 is 39.8. The molecule has 1 aromatic carbocycles. The van der Waals surface area contributed by atoms with Gasteiger partial charge in [0, 0.05) is 31.8 Å². The lowest BCUT2D eigenvalue weighted by molar-refractivity contribution is -0.00319. The summed E-state index contributed by atoms with van der Waals surface area (Å²) in [6.07, 6.45) is 3.96. The summed E-state index contributed by atoms with van der Waals surface area (Å²) in [6.45, 7) is 4.58. The zero-order valence-corrected chi connectivity index (χ0v) is 19.2. The SMILES string of the molecule is CCO[C@H]1C[C@H](c2ccc(S(=O)(=O)Nc3cc4c(nc3OC)CCN(C)CC4)cc2)C1. The molecule has 2 heterocycles. The number of rotatable bonds is 7. The summed E-state index contributed by atoms with van der Waals surface area (Å²) >= 11 is 0. The van der Waals surface area contributed by atoms with Gasteiger partial charge in [-0.25, -0.2) is 13.4 Å². The number of hydrogen-bond donors (Lipinski definition) is 1. The molecule has 1 aliphatic heterocycles. The Bertz CT molecular complexity index is 1020. The van der Waals surface area contributed by atoms with Gasteiger partial charge in [0.15, 0.2) is 0 Å². The van der Waals surface area contributed by atoms with E-state index in [1.807, 2.05) is 25.1 Å². The topological polar surface area (TPSA) is 80.8 Å². The molecule has 1 aromatic heterocycles. The number of ether oxygens (including phenoxy) is 2. The second-order valence-corrected chi connectivity index (χ2v) is 10.1. The van der Waals surface area contributed by atoms with E-state index < -0.39 is 10.0 Å². The minimum atomic E-state index is -3.75. The fraction of sp³-hybridized carbons (Fsp3) is 0.522. The fourth-order valence-electron chi connectivity index (χ4n) is 4.29. The molecule has 168 valence electrons. The maximum Gasteiger partial charge on any atom is 0.262 e. The molecule has 7 nitrogen and oxygen atoms in total. The van der Waals surface area contributed by atoms with Crippen molar-refractivity contribution in [3.05, 3.63) is 47.2 Å². The lowest BCUT2D eigenvalue weighted by atomic mass is 9.77. The number of aromatic nitrogens is 1. The van der Waals surface area contributed by atoms with E-state index in [0.29, 0.717) is 23.6 Å². The van der Waals surface area contributed by atoms with Crippen LogP contribution in [0, 0.1) is 0 Å². The Morgan fingerprint density at radius 3 is 2.55 bits per heavy atom. The van der Waals surface area contributed by atoms with Crippen molar-refractivity contribution in [2.75, 3.05) is 38.6 Å². The van der Waals surface area contributed by atoms with Gasteiger partial charge in [0.25, 0.3) is 10.0 Å². The molecule has 4 rings (SSSR count). The third-order valence-corrected chi connectivity index (χ3v) is 7.63. The molecular weight excluding hydrogens is 414 g/mol. The molecular formula is C23H31N3O4S. The minimum absolute atomic E-state index is 0.230. The summed E-state index contributed by atoms with van der Waals surface area (Å²) in [7, 11) is -0.155. The summed E-state index contributed by atoms with van der Waals surface area (Å²) in [5.41, 5.74) is 3.57. The van der Waals surface area contributed by atoms with Crippen molar-refractivity contribution >= 4 is 15.7 Å². The highest BCUT2D eigenvalue weighted by molar-refractivity contribution is 7.92. The molecule has 1 aliphatic carbocycles. The van der Waals surface area contributed by atoms with Gasteiger partial charge >= 0.3 is 0 Å². The third-order valence-electron chi connectivity index (χ3n) is 6.25. The monoisotopic (exact) mass is 445 g/mol. The summed E-state index contributed by atoms with van der Waals surface area (Å²) in [6, 6.07) is 9.02. The number of methoxy groups -OCH3 is 1. The molecule has 0 unspecified atom stereocenters. The predicted octanol–water partition coefficient (Wildman–Crippen LogP) is 3.20. The summed E-state index contributed by atoms with van der Waals surface area (Å²) in [5, 5.41) is 0. The normalized spacial score (nSPS) is 21.6. The van der Waals surface area contributed by atoms with Crippen LogP contribution in [0.15, 0.2) is 35.2 Å². The number of pyridine rings is 1. The van der Waals surface area contributed by atoms with Crippen LogP contribution >= 0.6 is 0 Å². The van der Waals surface area contributed by atoms with Gasteiger partial charge in [-0.2, -0.15) is 0 Å². The molecule has 0 radical (unpaired) electrons.